The molecule has 3 rings (SSSR count). The number of aryl methyl sites for hydroxylation is 2. The third kappa shape index (κ3) is 8.52. The minimum absolute atomic E-state index is 0.0172. The van der Waals surface area contributed by atoms with Gasteiger partial charge in [0.2, 0.25) is 5.91 Å². The van der Waals surface area contributed by atoms with Crippen molar-refractivity contribution >= 4 is 17.6 Å². The molecule has 166 valence electrons. The van der Waals surface area contributed by atoms with Gasteiger partial charge < -0.3 is 20.2 Å². The molecule has 0 radical (unpaired) electrons. The molecule has 2 aromatic rings. The van der Waals surface area contributed by atoms with E-state index in [0.717, 1.165) is 56.9 Å². The Hall–Kier alpha value is -2.70. The predicted octanol–water partition coefficient (Wildman–Crippen LogP) is 3.28. The Balaban J connectivity index is 1.28. The van der Waals surface area contributed by atoms with E-state index in [1.165, 1.54) is 12.0 Å². The number of amides is 1. The van der Waals surface area contributed by atoms with Crippen LogP contribution >= 0.6 is 0 Å². The minimum atomic E-state index is -0.801. The lowest BCUT2D eigenvalue weighted by atomic mass is 10.1. The lowest BCUT2D eigenvalue weighted by Gasteiger charge is -2.34. The monoisotopic (exact) mass is 423 g/mol. The van der Waals surface area contributed by atoms with Crippen LogP contribution in [0.2, 0.25) is 0 Å². The van der Waals surface area contributed by atoms with Crippen LogP contribution in [-0.2, 0) is 22.4 Å². The molecular weight excluding hydrogens is 390 g/mol. The number of aliphatic carboxylic acids is 1. The number of carbonyl (C=O) groups is 2. The van der Waals surface area contributed by atoms with Gasteiger partial charge in [0.05, 0.1) is 0 Å². The van der Waals surface area contributed by atoms with E-state index >= 15 is 0 Å². The Bertz CT molecular complexity index is 816. The summed E-state index contributed by atoms with van der Waals surface area (Å²) in [4.78, 5) is 27.8. The molecule has 1 saturated heterocycles. The highest BCUT2D eigenvalue weighted by molar-refractivity contribution is 5.90. The van der Waals surface area contributed by atoms with Crippen molar-refractivity contribution < 1.29 is 14.7 Å². The maximum absolute atomic E-state index is 12.3. The molecule has 6 nitrogen and oxygen atoms in total. The van der Waals surface area contributed by atoms with E-state index in [1.54, 1.807) is 0 Å². The van der Waals surface area contributed by atoms with Crippen molar-refractivity contribution in [3.8, 4) is 0 Å². The topological polar surface area (TPSA) is 72.9 Å². The molecule has 0 spiro atoms. The van der Waals surface area contributed by atoms with Crippen LogP contribution in [0.25, 0.3) is 0 Å². The van der Waals surface area contributed by atoms with Gasteiger partial charge in [-0.2, -0.15) is 0 Å². The molecule has 6 heteroatoms. The first-order valence-corrected chi connectivity index (χ1v) is 11.2. The van der Waals surface area contributed by atoms with Gasteiger partial charge in [-0.15, -0.1) is 0 Å². The molecule has 0 unspecified atom stereocenters. The molecule has 0 bridgehead atoms. The summed E-state index contributed by atoms with van der Waals surface area (Å²) >= 11 is 0. The molecule has 2 N–H and O–H groups in total. The molecule has 2 aromatic carbocycles. The Kier molecular flexibility index (Phi) is 9.06. The molecule has 1 fully saturated rings. The number of piperazine rings is 1. The minimum Gasteiger partial charge on any atom is -0.481 e. The molecule has 0 atom stereocenters. The molecule has 0 aliphatic carbocycles. The van der Waals surface area contributed by atoms with Crippen molar-refractivity contribution in [1.82, 2.24) is 9.80 Å². The number of benzene rings is 2. The van der Waals surface area contributed by atoms with E-state index in [9.17, 15) is 9.59 Å². The van der Waals surface area contributed by atoms with Gasteiger partial charge in [-0.3, -0.25) is 9.59 Å². The van der Waals surface area contributed by atoms with E-state index < -0.39 is 5.97 Å². The fourth-order valence-electron chi connectivity index (χ4n) is 3.88. The number of hydrogen-bond acceptors (Lipinski definition) is 4. The Morgan fingerprint density at radius 3 is 2.03 bits per heavy atom. The highest BCUT2D eigenvalue weighted by atomic mass is 16.4. The maximum Gasteiger partial charge on any atom is 0.303 e. The fraction of sp³-hybridized carbons (Fsp3) is 0.440. The standard InChI is InChI=1S/C25H33N3O3/c29-24(26-23-11-8-22(9-12-23)10-13-25(30)31)14-16-28-19-17-27(18-20-28)15-4-7-21-5-2-1-3-6-21/h1-3,5-6,8-9,11-12H,4,7,10,13-20H2,(H,26,29)(H,30,31). The second kappa shape index (κ2) is 12.2. The van der Waals surface area contributed by atoms with Crippen LogP contribution in [0.1, 0.15) is 30.4 Å². The number of rotatable bonds is 11. The van der Waals surface area contributed by atoms with E-state index in [-0.39, 0.29) is 12.3 Å². The SMILES string of the molecule is O=C(O)CCc1ccc(NC(=O)CCN2CCN(CCCc3ccccc3)CC2)cc1. The van der Waals surface area contributed by atoms with Gasteiger partial charge >= 0.3 is 5.97 Å². The number of carboxylic acid groups (broad SMARTS) is 1. The van der Waals surface area contributed by atoms with Crippen LogP contribution in [0.5, 0.6) is 0 Å². The number of nitrogens with one attached hydrogen (secondary N) is 1. The van der Waals surface area contributed by atoms with E-state index in [2.05, 4.69) is 45.4 Å². The smallest absolute Gasteiger partial charge is 0.303 e. The second-order valence-corrected chi connectivity index (χ2v) is 8.16. The number of nitrogens with zero attached hydrogens (tertiary/aromatic N) is 2. The Morgan fingerprint density at radius 1 is 0.774 bits per heavy atom. The van der Waals surface area contributed by atoms with Gasteiger partial charge in [0.15, 0.2) is 0 Å². The number of carboxylic acids is 1. The van der Waals surface area contributed by atoms with Crippen molar-refractivity contribution in [2.45, 2.75) is 32.1 Å². The quantitative estimate of drug-likeness (QED) is 0.580. The summed E-state index contributed by atoms with van der Waals surface area (Å²) in [6, 6.07) is 18.1. The van der Waals surface area contributed by atoms with Gasteiger partial charge in [-0.05, 0) is 49.1 Å². The first kappa shape index (κ1) is 23.0. The van der Waals surface area contributed by atoms with Gasteiger partial charge in [0.1, 0.15) is 0 Å². The zero-order chi connectivity index (χ0) is 21.9. The lowest BCUT2D eigenvalue weighted by molar-refractivity contribution is -0.137. The zero-order valence-electron chi connectivity index (χ0n) is 18.1. The summed E-state index contributed by atoms with van der Waals surface area (Å²) in [5, 5.41) is 11.7. The van der Waals surface area contributed by atoms with Gasteiger partial charge in [-0.1, -0.05) is 42.5 Å². The molecule has 0 saturated carbocycles. The van der Waals surface area contributed by atoms with E-state index in [0.29, 0.717) is 12.8 Å². The summed E-state index contributed by atoms with van der Waals surface area (Å²) in [7, 11) is 0. The first-order valence-electron chi connectivity index (χ1n) is 11.2. The van der Waals surface area contributed by atoms with Crippen LogP contribution in [0, 0.1) is 0 Å². The molecule has 31 heavy (non-hydrogen) atoms. The summed E-state index contributed by atoms with van der Waals surface area (Å²) < 4.78 is 0. The molecule has 1 heterocycles. The first-order chi connectivity index (χ1) is 15.1. The van der Waals surface area contributed by atoms with Crippen molar-refractivity contribution in [2.75, 3.05) is 44.6 Å². The van der Waals surface area contributed by atoms with Crippen LogP contribution < -0.4 is 5.32 Å². The largest absolute Gasteiger partial charge is 0.481 e. The highest BCUT2D eigenvalue weighted by Gasteiger charge is 2.17. The zero-order valence-corrected chi connectivity index (χ0v) is 18.1. The molecule has 1 amide bonds. The van der Waals surface area contributed by atoms with Crippen molar-refractivity contribution in [2.24, 2.45) is 0 Å². The third-order valence-corrected chi connectivity index (χ3v) is 5.77. The van der Waals surface area contributed by atoms with Crippen LogP contribution in [0.15, 0.2) is 54.6 Å². The molecular formula is C25H33N3O3. The summed E-state index contributed by atoms with van der Waals surface area (Å²) in [6.07, 6.45) is 3.41. The van der Waals surface area contributed by atoms with E-state index in [4.69, 9.17) is 5.11 Å². The predicted molar refractivity (Wildman–Crippen MR) is 123 cm³/mol. The third-order valence-electron chi connectivity index (χ3n) is 5.77. The average Bonchev–Trinajstić information content (AvgIpc) is 2.79. The normalized spacial score (nSPS) is 15.0. The van der Waals surface area contributed by atoms with Crippen LogP contribution in [0.3, 0.4) is 0 Å². The van der Waals surface area contributed by atoms with Crippen LogP contribution in [-0.4, -0.2) is 66.1 Å². The van der Waals surface area contributed by atoms with Gasteiger partial charge in [-0.25, -0.2) is 0 Å². The fourth-order valence-corrected chi connectivity index (χ4v) is 3.88. The van der Waals surface area contributed by atoms with Crippen LogP contribution in [0.4, 0.5) is 5.69 Å². The van der Waals surface area contributed by atoms with Crippen molar-refractivity contribution in [3.05, 3.63) is 65.7 Å². The summed E-state index contributed by atoms with van der Waals surface area (Å²) in [5.41, 5.74) is 3.12. The average molecular weight is 424 g/mol. The van der Waals surface area contributed by atoms with E-state index in [1.807, 2.05) is 24.3 Å². The lowest BCUT2D eigenvalue weighted by Crippen LogP contribution is -2.47. The molecule has 1 aliphatic rings. The summed E-state index contributed by atoms with van der Waals surface area (Å²) in [6.45, 7) is 6.06. The number of anilines is 1. The number of carbonyl (C=O) groups excluding carboxylic acids is 1. The van der Waals surface area contributed by atoms with Gasteiger partial charge in [0, 0.05) is 51.3 Å². The summed E-state index contributed by atoms with van der Waals surface area (Å²) in [5.74, 6) is -0.783. The molecule has 0 aromatic heterocycles. The number of hydrogen-bond donors (Lipinski definition) is 2. The van der Waals surface area contributed by atoms with Crippen molar-refractivity contribution in [3.63, 3.8) is 0 Å². The van der Waals surface area contributed by atoms with Gasteiger partial charge in [0.25, 0.3) is 0 Å². The maximum atomic E-state index is 12.3. The second-order valence-electron chi connectivity index (χ2n) is 8.16. The van der Waals surface area contributed by atoms with Crippen molar-refractivity contribution in [1.29, 1.82) is 0 Å². The highest BCUT2D eigenvalue weighted by Crippen LogP contribution is 2.12. The Labute approximate surface area is 184 Å². The molecule has 1 aliphatic heterocycles. The Morgan fingerprint density at radius 2 is 1.39 bits per heavy atom.